The Labute approximate surface area is 154 Å². The second-order valence-corrected chi connectivity index (χ2v) is 7.18. The van der Waals surface area contributed by atoms with Crippen LogP contribution in [0.2, 0.25) is 0 Å². The van der Waals surface area contributed by atoms with Crippen LogP contribution < -0.4 is 4.90 Å². The number of esters is 1. The molecule has 1 atom stereocenters. The summed E-state index contributed by atoms with van der Waals surface area (Å²) in [5, 5.41) is 0. The monoisotopic (exact) mass is 358 g/mol. The van der Waals surface area contributed by atoms with Gasteiger partial charge >= 0.3 is 5.97 Å². The van der Waals surface area contributed by atoms with Crippen LogP contribution in [0.5, 0.6) is 0 Å². The molecule has 0 unspecified atom stereocenters. The van der Waals surface area contributed by atoms with Crippen molar-refractivity contribution >= 4 is 23.5 Å². The van der Waals surface area contributed by atoms with Gasteiger partial charge in [0, 0.05) is 31.7 Å². The number of carbonyl (C=O) groups is 3. The minimum absolute atomic E-state index is 0.0439. The van der Waals surface area contributed by atoms with Gasteiger partial charge in [0.2, 0.25) is 11.8 Å². The molecule has 2 aliphatic heterocycles. The third kappa shape index (κ3) is 3.89. The number of amides is 2. The van der Waals surface area contributed by atoms with Gasteiger partial charge in [0.1, 0.15) is 0 Å². The zero-order chi connectivity index (χ0) is 18.7. The first-order valence-corrected chi connectivity index (χ1v) is 9.36. The molecule has 3 rings (SSSR count). The minimum Gasteiger partial charge on any atom is -0.462 e. The molecule has 26 heavy (non-hydrogen) atoms. The second-order valence-electron chi connectivity index (χ2n) is 7.18. The molecular weight excluding hydrogens is 332 g/mol. The molecule has 0 N–H and O–H groups in total. The molecule has 0 bridgehead atoms. The predicted octanol–water partition coefficient (Wildman–Crippen LogP) is 2.47. The lowest BCUT2D eigenvalue weighted by molar-refractivity contribution is -0.137. The molecule has 2 fully saturated rings. The van der Waals surface area contributed by atoms with Crippen LogP contribution in [-0.2, 0) is 14.3 Å². The Balaban J connectivity index is 1.64. The van der Waals surface area contributed by atoms with Gasteiger partial charge in [-0.1, -0.05) is 6.92 Å². The quantitative estimate of drug-likeness (QED) is 0.776. The maximum absolute atomic E-state index is 12.7. The molecule has 0 aromatic heterocycles. The lowest BCUT2D eigenvalue weighted by atomic mass is 9.97. The first-order valence-electron chi connectivity index (χ1n) is 9.36. The van der Waals surface area contributed by atoms with E-state index in [9.17, 15) is 14.4 Å². The van der Waals surface area contributed by atoms with Crippen LogP contribution in [0.25, 0.3) is 0 Å². The fraction of sp³-hybridized carbons (Fsp3) is 0.550. The smallest absolute Gasteiger partial charge is 0.338 e. The minimum atomic E-state index is -0.376. The molecule has 1 aromatic rings. The number of benzene rings is 1. The number of anilines is 1. The number of ether oxygens (including phenoxy) is 1. The Morgan fingerprint density at radius 2 is 1.81 bits per heavy atom. The molecule has 2 aliphatic rings. The Kier molecular flexibility index (Phi) is 5.59. The van der Waals surface area contributed by atoms with Crippen LogP contribution in [-0.4, -0.2) is 48.9 Å². The summed E-state index contributed by atoms with van der Waals surface area (Å²) in [5.41, 5.74) is 1.17. The highest BCUT2D eigenvalue weighted by Gasteiger charge is 2.37. The van der Waals surface area contributed by atoms with Gasteiger partial charge in [0.05, 0.1) is 18.1 Å². The van der Waals surface area contributed by atoms with E-state index >= 15 is 0 Å². The number of rotatable bonds is 4. The van der Waals surface area contributed by atoms with Crippen molar-refractivity contribution in [2.24, 2.45) is 11.8 Å². The number of likely N-dealkylation sites (tertiary alicyclic amines) is 1. The molecule has 0 radical (unpaired) electrons. The van der Waals surface area contributed by atoms with Gasteiger partial charge in [0.15, 0.2) is 0 Å². The fourth-order valence-corrected chi connectivity index (χ4v) is 3.60. The largest absolute Gasteiger partial charge is 0.462 e. The number of nitrogens with zero attached hydrogens (tertiary/aromatic N) is 2. The van der Waals surface area contributed by atoms with Crippen LogP contribution in [0.15, 0.2) is 24.3 Å². The van der Waals surface area contributed by atoms with E-state index in [1.54, 1.807) is 36.1 Å². The van der Waals surface area contributed by atoms with E-state index in [2.05, 4.69) is 6.92 Å². The van der Waals surface area contributed by atoms with Gasteiger partial charge in [-0.2, -0.15) is 0 Å². The van der Waals surface area contributed by atoms with Crippen molar-refractivity contribution in [2.45, 2.75) is 33.1 Å². The molecule has 1 aromatic carbocycles. The molecular formula is C20H26N2O4. The summed E-state index contributed by atoms with van der Waals surface area (Å²) in [6.07, 6.45) is 2.32. The van der Waals surface area contributed by atoms with Gasteiger partial charge in [-0.15, -0.1) is 0 Å². The van der Waals surface area contributed by atoms with Crippen molar-refractivity contribution in [3.63, 3.8) is 0 Å². The maximum atomic E-state index is 12.7. The SMILES string of the molecule is CCOC(=O)c1ccc(N2C[C@H](C(=O)N3CCC(C)CC3)CC2=O)cc1. The Morgan fingerprint density at radius 3 is 2.42 bits per heavy atom. The summed E-state index contributed by atoms with van der Waals surface area (Å²) in [7, 11) is 0. The van der Waals surface area contributed by atoms with E-state index in [1.165, 1.54) is 0 Å². The van der Waals surface area contributed by atoms with E-state index in [4.69, 9.17) is 4.74 Å². The average Bonchev–Trinajstić information content (AvgIpc) is 3.04. The summed E-state index contributed by atoms with van der Waals surface area (Å²) < 4.78 is 4.97. The highest BCUT2D eigenvalue weighted by molar-refractivity contribution is 6.00. The molecule has 2 heterocycles. The number of hydrogen-bond acceptors (Lipinski definition) is 4. The molecule has 2 saturated heterocycles. The summed E-state index contributed by atoms with van der Waals surface area (Å²) in [4.78, 5) is 40.4. The van der Waals surface area contributed by atoms with E-state index < -0.39 is 0 Å². The zero-order valence-corrected chi connectivity index (χ0v) is 15.4. The average molecular weight is 358 g/mol. The third-order valence-corrected chi connectivity index (χ3v) is 5.26. The van der Waals surface area contributed by atoms with Gasteiger partial charge in [-0.3, -0.25) is 9.59 Å². The summed E-state index contributed by atoms with van der Waals surface area (Å²) in [5.74, 6) is 0.0620. The van der Waals surface area contributed by atoms with Crippen molar-refractivity contribution in [1.29, 1.82) is 0 Å². The molecule has 6 nitrogen and oxygen atoms in total. The highest BCUT2D eigenvalue weighted by Crippen LogP contribution is 2.28. The summed E-state index contributed by atoms with van der Waals surface area (Å²) >= 11 is 0. The van der Waals surface area contributed by atoms with E-state index in [-0.39, 0.29) is 30.1 Å². The lowest BCUT2D eigenvalue weighted by Gasteiger charge is -2.32. The first-order chi connectivity index (χ1) is 12.5. The van der Waals surface area contributed by atoms with Gasteiger partial charge in [-0.05, 0) is 49.9 Å². The number of carbonyl (C=O) groups excluding carboxylic acids is 3. The molecule has 140 valence electrons. The Hall–Kier alpha value is -2.37. The highest BCUT2D eigenvalue weighted by atomic mass is 16.5. The predicted molar refractivity (Wildman–Crippen MR) is 97.8 cm³/mol. The van der Waals surface area contributed by atoms with Crippen LogP contribution >= 0.6 is 0 Å². The third-order valence-electron chi connectivity index (χ3n) is 5.26. The van der Waals surface area contributed by atoms with E-state index in [1.807, 2.05) is 4.90 Å². The van der Waals surface area contributed by atoms with Crippen LogP contribution in [0.4, 0.5) is 5.69 Å². The molecule has 0 spiro atoms. The van der Waals surface area contributed by atoms with Crippen molar-refractivity contribution in [3.8, 4) is 0 Å². The van der Waals surface area contributed by atoms with Crippen LogP contribution in [0, 0.1) is 11.8 Å². The summed E-state index contributed by atoms with van der Waals surface area (Å²) in [6, 6.07) is 6.78. The van der Waals surface area contributed by atoms with E-state index in [0.717, 1.165) is 25.9 Å². The number of hydrogen-bond donors (Lipinski definition) is 0. The van der Waals surface area contributed by atoms with Crippen LogP contribution in [0.1, 0.15) is 43.5 Å². The first kappa shape index (κ1) is 18.4. The Morgan fingerprint density at radius 1 is 1.15 bits per heavy atom. The topological polar surface area (TPSA) is 66.9 Å². The Bertz CT molecular complexity index is 678. The molecule has 2 amide bonds. The van der Waals surface area contributed by atoms with Crippen molar-refractivity contribution < 1.29 is 19.1 Å². The molecule has 0 saturated carbocycles. The lowest BCUT2D eigenvalue weighted by Crippen LogP contribution is -2.42. The van der Waals surface area contributed by atoms with Crippen LogP contribution in [0.3, 0.4) is 0 Å². The van der Waals surface area contributed by atoms with Crippen molar-refractivity contribution in [2.75, 3.05) is 31.1 Å². The number of piperidine rings is 1. The van der Waals surface area contributed by atoms with Crippen molar-refractivity contribution in [3.05, 3.63) is 29.8 Å². The second kappa shape index (κ2) is 7.89. The van der Waals surface area contributed by atoms with E-state index in [0.29, 0.717) is 30.3 Å². The maximum Gasteiger partial charge on any atom is 0.338 e. The van der Waals surface area contributed by atoms with Gasteiger partial charge < -0.3 is 14.5 Å². The van der Waals surface area contributed by atoms with Gasteiger partial charge in [0.25, 0.3) is 0 Å². The van der Waals surface area contributed by atoms with Gasteiger partial charge in [-0.25, -0.2) is 4.79 Å². The standard InChI is InChI=1S/C20H26N2O4/c1-3-26-20(25)15-4-6-17(7-5-15)22-13-16(12-18(22)23)19(24)21-10-8-14(2)9-11-21/h4-7,14,16H,3,8-13H2,1-2H3/t16-/m1/s1. The fourth-order valence-electron chi connectivity index (χ4n) is 3.60. The van der Waals surface area contributed by atoms with Crippen molar-refractivity contribution in [1.82, 2.24) is 4.90 Å². The molecule has 6 heteroatoms. The normalized spacial score (nSPS) is 21.2. The molecule has 0 aliphatic carbocycles. The zero-order valence-electron chi connectivity index (χ0n) is 15.4. The summed E-state index contributed by atoms with van der Waals surface area (Å²) in [6.45, 7) is 6.28.